The summed E-state index contributed by atoms with van der Waals surface area (Å²) in [7, 11) is 0. The highest BCUT2D eigenvalue weighted by Crippen LogP contribution is 2.33. The standard InChI is InChI=1S/C19H22N2/c1-12(2)13-10-17-18(11-14(13)19(3,4)5)21-16-9-7-6-8-15(16)20-17/h6-12H,1-5H3. The lowest BCUT2D eigenvalue weighted by Crippen LogP contribution is -2.15. The van der Waals surface area contributed by atoms with Crippen molar-refractivity contribution in [3.63, 3.8) is 0 Å². The van der Waals surface area contributed by atoms with E-state index >= 15 is 0 Å². The first-order valence-electron chi connectivity index (χ1n) is 7.57. The maximum atomic E-state index is 4.79. The van der Waals surface area contributed by atoms with Crippen LogP contribution in [0.5, 0.6) is 0 Å². The summed E-state index contributed by atoms with van der Waals surface area (Å²) in [6, 6.07) is 12.5. The lowest BCUT2D eigenvalue weighted by molar-refractivity contribution is 0.578. The molecule has 21 heavy (non-hydrogen) atoms. The summed E-state index contributed by atoms with van der Waals surface area (Å²) < 4.78 is 0. The van der Waals surface area contributed by atoms with Crippen molar-refractivity contribution in [3.8, 4) is 0 Å². The van der Waals surface area contributed by atoms with Crippen LogP contribution in [0.15, 0.2) is 36.4 Å². The predicted octanol–water partition coefficient (Wildman–Crippen LogP) is 5.20. The number of aromatic nitrogens is 2. The second kappa shape index (κ2) is 4.80. The van der Waals surface area contributed by atoms with Crippen molar-refractivity contribution in [1.29, 1.82) is 0 Å². The fourth-order valence-corrected chi connectivity index (χ4v) is 2.81. The number of rotatable bonds is 1. The third kappa shape index (κ3) is 2.51. The molecule has 0 aliphatic rings. The van der Waals surface area contributed by atoms with Gasteiger partial charge in [0.2, 0.25) is 0 Å². The molecular formula is C19H22N2. The van der Waals surface area contributed by atoms with Gasteiger partial charge in [0.25, 0.3) is 0 Å². The molecule has 0 aliphatic carbocycles. The minimum absolute atomic E-state index is 0.112. The molecule has 0 bridgehead atoms. The molecule has 3 aromatic rings. The largest absolute Gasteiger partial charge is 0.244 e. The van der Waals surface area contributed by atoms with E-state index in [4.69, 9.17) is 9.97 Å². The van der Waals surface area contributed by atoms with Crippen molar-refractivity contribution in [2.45, 2.75) is 46.0 Å². The van der Waals surface area contributed by atoms with Crippen molar-refractivity contribution in [2.75, 3.05) is 0 Å². The van der Waals surface area contributed by atoms with Crippen molar-refractivity contribution in [3.05, 3.63) is 47.5 Å². The third-order valence-electron chi connectivity index (χ3n) is 3.94. The predicted molar refractivity (Wildman–Crippen MR) is 89.8 cm³/mol. The molecule has 0 unspecified atom stereocenters. The van der Waals surface area contributed by atoms with Gasteiger partial charge in [-0.3, -0.25) is 0 Å². The molecule has 0 saturated carbocycles. The number of hydrogen-bond acceptors (Lipinski definition) is 2. The smallest absolute Gasteiger partial charge is 0.0897 e. The van der Waals surface area contributed by atoms with Gasteiger partial charge in [0, 0.05) is 0 Å². The van der Waals surface area contributed by atoms with Crippen LogP contribution in [0.3, 0.4) is 0 Å². The SMILES string of the molecule is CC(C)c1cc2nc3ccccc3nc2cc1C(C)(C)C. The van der Waals surface area contributed by atoms with Gasteiger partial charge in [-0.15, -0.1) is 0 Å². The van der Waals surface area contributed by atoms with E-state index in [0.29, 0.717) is 5.92 Å². The summed E-state index contributed by atoms with van der Waals surface area (Å²) in [5.74, 6) is 0.483. The molecule has 2 aromatic carbocycles. The van der Waals surface area contributed by atoms with Crippen molar-refractivity contribution in [1.82, 2.24) is 9.97 Å². The Morgan fingerprint density at radius 2 is 1.33 bits per heavy atom. The molecule has 0 aliphatic heterocycles. The summed E-state index contributed by atoms with van der Waals surface area (Å²) in [4.78, 5) is 9.57. The molecule has 0 atom stereocenters. The van der Waals surface area contributed by atoms with E-state index < -0.39 is 0 Å². The normalized spacial score (nSPS) is 12.5. The summed E-state index contributed by atoms with van der Waals surface area (Å²) in [6.45, 7) is 11.3. The van der Waals surface area contributed by atoms with Crippen LogP contribution in [0, 0.1) is 0 Å². The van der Waals surface area contributed by atoms with E-state index in [1.54, 1.807) is 0 Å². The molecule has 0 radical (unpaired) electrons. The van der Waals surface area contributed by atoms with Crippen LogP contribution in [0.1, 0.15) is 51.7 Å². The lowest BCUT2D eigenvalue weighted by atomic mass is 9.80. The average molecular weight is 278 g/mol. The molecule has 2 heteroatoms. The molecule has 2 nitrogen and oxygen atoms in total. The fraction of sp³-hybridized carbons (Fsp3) is 0.368. The highest BCUT2D eigenvalue weighted by atomic mass is 14.8. The monoisotopic (exact) mass is 278 g/mol. The minimum Gasteiger partial charge on any atom is -0.244 e. The fourth-order valence-electron chi connectivity index (χ4n) is 2.81. The Bertz CT molecular complexity index is 811. The number of benzene rings is 2. The molecule has 1 heterocycles. The minimum atomic E-state index is 0.112. The maximum Gasteiger partial charge on any atom is 0.0897 e. The van der Waals surface area contributed by atoms with E-state index in [1.807, 2.05) is 24.3 Å². The van der Waals surface area contributed by atoms with Crippen LogP contribution < -0.4 is 0 Å². The lowest BCUT2D eigenvalue weighted by Gasteiger charge is -2.25. The topological polar surface area (TPSA) is 25.8 Å². The van der Waals surface area contributed by atoms with Gasteiger partial charge < -0.3 is 0 Å². The third-order valence-corrected chi connectivity index (χ3v) is 3.94. The van der Waals surface area contributed by atoms with E-state index in [2.05, 4.69) is 46.8 Å². The zero-order chi connectivity index (χ0) is 15.2. The molecule has 0 N–H and O–H groups in total. The number of para-hydroxylation sites is 2. The van der Waals surface area contributed by atoms with Crippen LogP contribution in [0.25, 0.3) is 22.1 Å². The van der Waals surface area contributed by atoms with Gasteiger partial charge in [-0.2, -0.15) is 0 Å². The van der Waals surface area contributed by atoms with Gasteiger partial charge in [-0.05, 0) is 46.7 Å². The molecule has 0 spiro atoms. The van der Waals surface area contributed by atoms with Crippen LogP contribution >= 0.6 is 0 Å². The van der Waals surface area contributed by atoms with Crippen molar-refractivity contribution in [2.24, 2.45) is 0 Å². The van der Waals surface area contributed by atoms with E-state index in [9.17, 15) is 0 Å². The first-order chi connectivity index (χ1) is 9.86. The van der Waals surface area contributed by atoms with Crippen LogP contribution in [-0.2, 0) is 5.41 Å². The number of nitrogens with zero attached hydrogens (tertiary/aromatic N) is 2. The molecule has 0 amide bonds. The number of fused-ring (bicyclic) bond motifs is 2. The summed E-state index contributed by atoms with van der Waals surface area (Å²) in [6.07, 6.45) is 0. The van der Waals surface area contributed by atoms with Crippen molar-refractivity contribution >= 4 is 22.1 Å². The summed E-state index contributed by atoms with van der Waals surface area (Å²) in [5, 5.41) is 0. The first-order valence-corrected chi connectivity index (χ1v) is 7.57. The molecule has 0 fully saturated rings. The zero-order valence-electron chi connectivity index (χ0n) is 13.4. The highest BCUT2D eigenvalue weighted by Gasteiger charge is 2.21. The molecule has 108 valence electrons. The second-order valence-corrected chi connectivity index (χ2v) is 7.05. The quantitative estimate of drug-likeness (QED) is 0.571. The van der Waals surface area contributed by atoms with E-state index in [1.165, 1.54) is 11.1 Å². The van der Waals surface area contributed by atoms with Gasteiger partial charge >= 0.3 is 0 Å². The number of hydrogen-bond donors (Lipinski definition) is 0. The maximum absolute atomic E-state index is 4.79. The average Bonchev–Trinajstić information content (AvgIpc) is 2.42. The zero-order valence-corrected chi connectivity index (χ0v) is 13.4. The van der Waals surface area contributed by atoms with Crippen molar-refractivity contribution < 1.29 is 0 Å². The second-order valence-electron chi connectivity index (χ2n) is 7.05. The Morgan fingerprint density at radius 1 is 0.810 bits per heavy atom. The summed E-state index contributed by atoms with van der Waals surface area (Å²) in [5.41, 5.74) is 6.76. The molecule has 1 aromatic heterocycles. The Kier molecular flexibility index (Phi) is 3.20. The Hall–Kier alpha value is -1.96. The van der Waals surface area contributed by atoms with Crippen LogP contribution in [-0.4, -0.2) is 9.97 Å². The Labute approximate surface area is 126 Å². The van der Waals surface area contributed by atoms with Crippen LogP contribution in [0.2, 0.25) is 0 Å². The van der Waals surface area contributed by atoms with Crippen LogP contribution in [0.4, 0.5) is 0 Å². The molecule has 3 rings (SSSR count). The highest BCUT2D eigenvalue weighted by molar-refractivity contribution is 5.87. The Morgan fingerprint density at radius 3 is 1.81 bits per heavy atom. The van der Waals surface area contributed by atoms with Gasteiger partial charge in [0.05, 0.1) is 22.1 Å². The van der Waals surface area contributed by atoms with Gasteiger partial charge in [-0.1, -0.05) is 46.8 Å². The van der Waals surface area contributed by atoms with Gasteiger partial charge in [0.15, 0.2) is 0 Å². The summed E-state index contributed by atoms with van der Waals surface area (Å²) >= 11 is 0. The van der Waals surface area contributed by atoms with E-state index in [0.717, 1.165) is 22.1 Å². The van der Waals surface area contributed by atoms with E-state index in [-0.39, 0.29) is 5.41 Å². The van der Waals surface area contributed by atoms with Gasteiger partial charge in [-0.25, -0.2) is 9.97 Å². The molecular weight excluding hydrogens is 256 g/mol. The van der Waals surface area contributed by atoms with Gasteiger partial charge in [0.1, 0.15) is 0 Å². The first kappa shape index (κ1) is 14.0. The molecule has 0 saturated heterocycles. The Balaban J connectivity index is 2.37.